The van der Waals surface area contributed by atoms with Crippen LogP contribution < -0.4 is 0 Å². The zero-order chi connectivity index (χ0) is 10.6. The molecule has 1 rings (SSSR count). The Labute approximate surface area is 81.6 Å². The normalized spacial score (nSPS) is 21.8. The molecular formula is C9H13NO4. The van der Waals surface area contributed by atoms with Gasteiger partial charge in [-0.1, -0.05) is 0 Å². The maximum atomic E-state index is 11.4. The first-order chi connectivity index (χ1) is 6.65. The number of hydrogen-bond donors (Lipinski definition) is 2. The summed E-state index contributed by atoms with van der Waals surface area (Å²) >= 11 is 0. The Morgan fingerprint density at radius 1 is 1.43 bits per heavy atom. The number of amides is 1. The molecule has 1 saturated heterocycles. The number of carbonyl (C=O) groups is 2. The van der Waals surface area contributed by atoms with Gasteiger partial charge in [0.2, 0.25) is 5.91 Å². The van der Waals surface area contributed by atoms with Crippen molar-refractivity contribution in [3.63, 3.8) is 0 Å². The Bertz CT molecular complexity index is 262. The number of likely N-dealkylation sites (tertiary alicyclic amines) is 1. The molecule has 14 heavy (non-hydrogen) atoms. The monoisotopic (exact) mass is 199 g/mol. The minimum absolute atomic E-state index is 0.0628. The van der Waals surface area contributed by atoms with Crippen molar-refractivity contribution in [2.45, 2.75) is 18.9 Å². The van der Waals surface area contributed by atoms with Gasteiger partial charge in [-0.3, -0.25) is 4.79 Å². The van der Waals surface area contributed by atoms with Gasteiger partial charge in [0.1, 0.15) is 0 Å². The number of carboxylic acids is 1. The molecule has 1 heterocycles. The number of carbonyl (C=O) groups excluding carboxylic acids is 1. The van der Waals surface area contributed by atoms with Crippen molar-refractivity contribution in [1.29, 1.82) is 0 Å². The predicted octanol–water partition coefficient (Wildman–Crippen LogP) is -0.390. The van der Waals surface area contributed by atoms with Crippen LogP contribution in [-0.4, -0.2) is 46.2 Å². The molecule has 1 fully saturated rings. The fourth-order valence-electron chi connectivity index (χ4n) is 1.55. The second-order valence-corrected chi connectivity index (χ2v) is 3.18. The summed E-state index contributed by atoms with van der Waals surface area (Å²) in [5.74, 6) is -1.48. The quantitative estimate of drug-likeness (QED) is 0.607. The lowest BCUT2D eigenvalue weighted by atomic mass is 10.2. The summed E-state index contributed by atoms with van der Waals surface area (Å²) in [6.07, 6.45) is 3.48. The Kier molecular flexibility index (Phi) is 3.64. The van der Waals surface area contributed by atoms with Crippen molar-refractivity contribution >= 4 is 11.9 Å². The van der Waals surface area contributed by atoms with Crippen LogP contribution in [0.4, 0.5) is 0 Å². The maximum Gasteiger partial charge on any atom is 0.328 e. The second kappa shape index (κ2) is 4.76. The summed E-state index contributed by atoms with van der Waals surface area (Å²) in [6, 6.07) is -0.152. The molecule has 78 valence electrons. The highest BCUT2D eigenvalue weighted by molar-refractivity contribution is 5.94. The van der Waals surface area contributed by atoms with Gasteiger partial charge in [-0.15, -0.1) is 0 Å². The molecule has 1 atom stereocenters. The Morgan fingerprint density at radius 2 is 2.14 bits per heavy atom. The average molecular weight is 199 g/mol. The third-order valence-corrected chi connectivity index (χ3v) is 2.24. The van der Waals surface area contributed by atoms with Gasteiger partial charge in [0.05, 0.1) is 12.6 Å². The van der Waals surface area contributed by atoms with E-state index in [9.17, 15) is 9.59 Å². The van der Waals surface area contributed by atoms with E-state index in [1.54, 1.807) is 0 Å². The van der Waals surface area contributed by atoms with E-state index >= 15 is 0 Å². The van der Waals surface area contributed by atoms with Gasteiger partial charge >= 0.3 is 5.97 Å². The molecule has 0 radical (unpaired) electrons. The van der Waals surface area contributed by atoms with E-state index in [1.165, 1.54) is 4.90 Å². The van der Waals surface area contributed by atoms with Gasteiger partial charge in [0, 0.05) is 18.7 Å². The average Bonchev–Trinajstić information content (AvgIpc) is 2.61. The summed E-state index contributed by atoms with van der Waals surface area (Å²) in [5.41, 5.74) is 0. The van der Waals surface area contributed by atoms with Crippen LogP contribution in [0.25, 0.3) is 0 Å². The molecule has 0 unspecified atom stereocenters. The maximum absolute atomic E-state index is 11.4. The minimum atomic E-state index is -1.14. The topological polar surface area (TPSA) is 77.8 Å². The summed E-state index contributed by atoms with van der Waals surface area (Å²) in [4.78, 5) is 23.0. The standard InChI is InChI=1S/C9H13NO4/c11-6-7-2-1-5-10(7)8(12)3-4-9(13)14/h3-4,7,11H,1-2,5-6H2,(H,13,14)/b4-3+/t7-/m1/s1. The van der Waals surface area contributed by atoms with Crippen molar-refractivity contribution in [3.05, 3.63) is 12.2 Å². The molecular weight excluding hydrogens is 186 g/mol. The van der Waals surface area contributed by atoms with Gasteiger partial charge in [-0.05, 0) is 12.8 Å². The van der Waals surface area contributed by atoms with Gasteiger partial charge < -0.3 is 15.1 Å². The lowest BCUT2D eigenvalue weighted by Gasteiger charge is -2.20. The molecule has 0 spiro atoms. The van der Waals surface area contributed by atoms with Crippen molar-refractivity contribution in [2.75, 3.05) is 13.2 Å². The number of aliphatic hydroxyl groups is 1. The number of aliphatic hydroxyl groups excluding tert-OH is 1. The van der Waals surface area contributed by atoms with Crippen LogP contribution >= 0.6 is 0 Å². The van der Waals surface area contributed by atoms with Crippen molar-refractivity contribution in [2.24, 2.45) is 0 Å². The fourth-order valence-corrected chi connectivity index (χ4v) is 1.55. The number of rotatable bonds is 3. The SMILES string of the molecule is O=C(O)/C=C/C(=O)N1CCC[C@@H]1CO. The fraction of sp³-hybridized carbons (Fsp3) is 0.556. The molecule has 5 heteroatoms. The van der Waals surface area contributed by atoms with Crippen molar-refractivity contribution in [3.8, 4) is 0 Å². The summed E-state index contributed by atoms with van der Waals surface area (Å²) in [6.45, 7) is 0.528. The second-order valence-electron chi connectivity index (χ2n) is 3.18. The molecule has 0 bridgehead atoms. The molecule has 0 saturated carbocycles. The van der Waals surface area contributed by atoms with Crippen LogP contribution in [0, 0.1) is 0 Å². The highest BCUT2D eigenvalue weighted by Crippen LogP contribution is 2.16. The first-order valence-corrected chi connectivity index (χ1v) is 4.47. The van der Waals surface area contributed by atoms with Crippen molar-refractivity contribution < 1.29 is 19.8 Å². The van der Waals surface area contributed by atoms with E-state index in [-0.39, 0.29) is 18.6 Å². The number of carboxylic acid groups (broad SMARTS) is 1. The van der Waals surface area contributed by atoms with Crippen LogP contribution in [0.2, 0.25) is 0 Å². The Balaban J connectivity index is 2.55. The van der Waals surface area contributed by atoms with Gasteiger partial charge in [0.25, 0.3) is 0 Å². The molecule has 5 nitrogen and oxygen atoms in total. The van der Waals surface area contributed by atoms with E-state index in [1.807, 2.05) is 0 Å². The van der Waals surface area contributed by atoms with Crippen LogP contribution in [0.5, 0.6) is 0 Å². The largest absolute Gasteiger partial charge is 0.478 e. The van der Waals surface area contributed by atoms with E-state index < -0.39 is 5.97 Å². The first-order valence-electron chi connectivity index (χ1n) is 4.47. The minimum Gasteiger partial charge on any atom is -0.478 e. The molecule has 1 amide bonds. The summed E-state index contributed by atoms with van der Waals surface area (Å²) in [5, 5.41) is 17.2. The summed E-state index contributed by atoms with van der Waals surface area (Å²) < 4.78 is 0. The third kappa shape index (κ3) is 2.56. The van der Waals surface area contributed by atoms with Crippen LogP contribution in [-0.2, 0) is 9.59 Å². The molecule has 1 aliphatic heterocycles. The van der Waals surface area contributed by atoms with E-state index in [0.717, 1.165) is 25.0 Å². The Morgan fingerprint density at radius 3 is 2.71 bits per heavy atom. The van der Waals surface area contributed by atoms with Gasteiger partial charge in [-0.2, -0.15) is 0 Å². The van der Waals surface area contributed by atoms with E-state index in [2.05, 4.69) is 0 Å². The van der Waals surface area contributed by atoms with Gasteiger partial charge in [-0.25, -0.2) is 4.79 Å². The zero-order valence-corrected chi connectivity index (χ0v) is 7.72. The highest BCUT2D eigenvalue weighted by Gasteiger charge is 2.26. The number of hydrogen-bond acceptors (Lipinski definition) is 3. The number of nitrogens with zero attached hydrogens (tertiary/aromatic N) is 1. The smallest absolute Gasteiger partial charge is 0.328 e. The van der Waals surface area contributed by atoms with Crippen LogP contribution in [0.3, 0.4) is 0 Å². The zero-order valence-electron chi connectivity index (χ0n) is 7.72. The molecule has 0 aliphatic carbocycles. The van der Waals surface area contributed by atoms with Crippen LogP contribution in [0.1, 0.15) is 12.8 Å². The molecule has 1 aliphatic rings. The third-order valence-electron chi connectivity index (χ3n) is 2.24. The van der Waals surface area contributed by atoms with Crippen molar-refractivity contribution in [1.82, 2.24) is 4.90 Å². The van der Waals surface area contributed by atoms with E-state index in [0.29, 0.717) is 6.54 Å². The highest BCUT2D eigenvalue weighted by atomic mass is 16.4. The molecule has 2 N–H and O–H groups in total. The predicted molar refractivity (Wildman–Crippen MR) is 48.6 cm³/mol. The van der Waals surface area contributed by atoms with E-state index in [4.69, 9.17) is 10.2 Å². The summed E-state index contributed by atoms with van der Waals surface area (Å²) in [7, 11) is 0. The first kappa shape index (κ1) is 10.7. The molecule has 0 aromatic heterocycles. The lowest BCUT2D eigenvalue weighted by Crippen LogP contribution is -2.36. The lowest BCUT2D eigenvalue weighted by molar-refractivity contribution is -0.132. The Hall–Kier alpha value is -1.36. The van der Waals surface area contributed by atoms with Gasteiger partial charge in [0.15, 0.2) is 0 Å². The molecule has 0 aromatic carbocycles. The van der Waals surface area contributed by atoms with Crippen LogP contribution in [0.15, 0.2) is 12.2 Å². The number of aliphatic carboxylic acids is 1. The molecule has 0 aromatic rings.